The predicted molar refractivity (Wildman–Crippen MR) is 72.0 cm³/mol. The van der Waals surface area contributed by atoms with Crippen molar-refractivity contribution in [3.8, 4) is 0 Å². The van der Waals surface area contributed by atoms with Gasteiger partial charge in [-0.2, -0.15) is 0 Å². The molecule has 2 N–H and O–H groups in total. The van der Waals surface area contributed by atoms with Crippen LogP contribution < -0.4 is 0 Å². The second-order valence-corrected chi connectivity index (χ2v) is 2.23. The van der Waals surface area contributed by atoms with E-state index in [9.17, 15) is 9.59 Å². The lowest BCUT2D eigenvalue weighted by molar-refractivity contribution is -0.134. The summed E-state index contributed by atoms with van der Waals surface area (Å²) in [5, 5.41) is 15.6. The largest absolute Gasteiger partial charge is 0.478 e. The van der Waals surface area contributed by atoms with E-state index >= 15 is 0 Å². The highest BCUT2D eigenvalue weighted by Crippen LogP contribution is 1.70. The summed E-state index contributed by atoms with van der Waals surface area (Å²) < 4.78 is 0. The molecule has 0 amide bonds. The van der Waals surface area contributed by atoms with E-state index in [1.807, 2.05) is 20.8 Å². The molecule has 0 unspecified atom stereocenters. The van der Waals surface area contributed by atoms with Gasteiger partial charge in [0.2, 0.25) is 0 Å². The zero-order valence-electron chi connectivity index (χ0n) is 10.7. The molecule has 98 valence electrons. The molecule has 4 nitrogen and oxygen atoms in total. The lowest BCUT2D eigenvalue weighted by atomic mass is 10.5. The SMILES string of the molecule is C=CC.C=CC.C=CC.O=C(O)/C=C/C(=O)O. The monoisotopic (exact) mass is 242 g/mol. The van der Waals surface area contributed by atoms with Crippen LogP contribution >= 0.6 is 0 Å². The summed E-state index contributed by atoms with van der Waals surface area (Å²) in [7, 11) is 0. The predicted octanol–water partition coefficient (Wildman–Crippen LogP) is 3.29. The van der Waals surface area contributed by atoms with E-state index in [2.05, 4.69) is 19.7 Å². The summed E-state index contributed by atoms with van der Waals surface area (Å²) in [5.74, 6) is -2.51. The Labute approximate surface area is 103 Å². The van der Waals surface area contributed by atoms with Crippen molar-refractivity contribution in [3.05, 3.63) is 50.1 Å². The smallest absolute Gasteiger partial charge is 0.328 e. The molecule has 0 heterocycles. The van der Waals surface area contributed by atoms with Gasteiger partial charge < -0.3 is 10.2 Å². The van der Waals surface area contributed by atoms with Gasteiger partial charge in [0.1, 0.15) is 0 Å². The third kappa shape index (κ3) is 234. The second kappa shape index (κ2) is 29.2. The Hall–Kier alpha value is -2.10. The van der Waals surface area contributed by atoms with Crippen molar-refractivity contribution in [2.75, 3.05) is 0 Å². The minimum atomic E-state index is -1.26. The maximum Gasteiger partial charge on any atom is 0.328 e. The third-order valence-electron chi connectivity index (χ3n) is 0.368. The van der Waals surface area contributed by atoms with E-state index < -0.39 is 11.9 Å². The van der Waals surface area contributed by atoms with Crippen molar-refractivity contribution in [2.24, 2.45) is 0 Å². The first-order chi connectivity index (χ1) is 7.87. The highest BCUT2D eigenvalue weighted by atomic mass is 16.4. The molecule has 0 aromatic carbocycles. The van der Waals surface area contributed by atoms with Crippen LogP contribution in [0.25, 0.3) is 0 Å². The van der Waals surface area contributed by atoms with Gasteiger partial charge in [0.15, 0.2) is 0 Å². The van der Waals surface area contributed by atoms with Crippen LogP contribution in [0.2, 0.25) is 0 Å². The van der Waals surface area contributed by atoms with Crippen molar-refractivity contribution in [1.29, 1.82) is 0 Å². The number of hydrogen-bond donors (Lipinski definition) is 2. The maximum atomic E-state index is 9.55. The number of carbonyl (C=O) groups is 2. The van der Waals surface area contributed by atoms with E-state index in [1.54, 1.807) is 18.2 Å². The van der Waals surface area contributed by atoms with Gasteiger partial charge >= 0.3 is 11.9 Å². The van der Waals surface area contributed by atoms with Crippen molar-refractivity contribution in [2.45, 2.75) is 20.8 Å². The second-order valence-electron chi connectivity index (χ2n) is 2.23. The topological polar surface area (TPSA) is 74.6 Å². The first-order valence-electron chi connectivity index (χ1n) is 4.72. The lowest BCUT2D eigenvalue weighted by Crippen LogP contribution is -1.91. The van der Waals surface area contributed by atoms with Crippen molar-refractivity contribution in [3.63, 3.8) is 0 Å². The van der Waals surface area contributed by atoms with Gasteiger partial charge in [-0.25, -0.2) is 9.59 Å². The first-order valence-corrected chi connectivity index (χ1v) is 4.72. The standard InChI is InChI=1S/C4H4O4.3C3H6/c5-3(6)1-2-4(7)8;3*1-3-2/h1-2H,(H,5,6)(H,7,8);3*3H,1H2,2H3/b2-1+;;;. The number of hydrogen-bond acceptors (Lipinski definition) is 2. The average molecular weight is 242 g/mol. The van der Waals surface area contributed by atoms with E-state index in [4.69, 9.17) is 10.2 Å². The molecule has 0 spiro atoms. The molecule has 0 aliphatic rings. The van der Waals surface area contributed by atoms with Gasteiger partial charge in [-0.1, -0.05) is 18.2 Å². The molecule has 0 aliphatic heterocycles. The fourth-order valence-electron chi connectivity index (χ4n) is 0.143. The van der Waals surface area contributed by atoms with Crippen LogP contribution in [0.1, 0.15) is 20.8 Å². The van der Waals surface area contributed by atoms with Crippen molar-refractivity contribution >= 4 is 11.9 Å². The molecular formula is C13H22O4. The van der Waals surface area contributed by atoms with Gasteiger partial charge in [-0.15, -0.1) is 19.7 Å². The van der Waals surface area contributed by atoms with E-state index in [0.29, 0.717) is 12.2 Å². The molecule has 0 saturated carbocycles. The molecule has 0 bridgehead atoms. The van der Waals surface area contributed by atoms with Gasteiger partial charge in [0.05, 0.1) is 0 Å². The Morgan fingerprint density at radius 3 is 0.941 bits per heavy atom. The zero-order chi connectivity index (χ0) is 14.7. The molecule has 0 atom stereocenters. The maximum absolute atomic E-state index is 9.55. The highest BCUT2D eigenvalue weighted by Gasteiger charge is 1.88. The van der Waals surface area contributed by atoms with Gasteiger partial charge in [-0.05, 0) is 20.8 Å². The summed E-state index contributed by atoms with van der Waals surface area (Å²) >= 11 is 0. The number of carboxylic acid groups (broad SMARTS) is 2. The molecule has 0 saturated heterocycles. The molecule has 0 rings (SSSR count). The molecule has 0 fully saturated rings. The van der Waals surface area contributed by atoms with E-state index in [-0.39, 0.29) is 0 Å². The van der Waals surface area contributed by atoms with Crippen molar-refractivity contribution in [1.82, 2.24) is 0 Å². The van der Waals surface area contributed by atoms with Crippen LogP contribution in [-0.4, -0.2) is 22.2 Å². The summed E-state index contributed by atoms with van der Waals surface area (Å²) in [6.07, 6.45) is 6.37. The summed E-state index contributed by atoms with van der Waals surface area (Å²) in [6.45, 7) is 15.8. The van der Waals surface area contributed by atoms with E-state index in [1.165, 1.54) is 0 Å². The van der Waals surface area contributed by atoms with Crippen LogP contribution in [0, 0.1) is 0 Å². The summed E-state index contributed by atoms with van der Waals surface area (Å²) in [5.41, 5.74) is 0. The first kappa shape index (κ1) is 24.2. The molecule has 0 aliphatic carbocycles. The Kier molecular flexibility index (Phi) is 41.6. The minimum absolute atomic E-state index is 0.558. The minimum Gasteiger partial charge on any atom is -0.478 e. The highest BCUT2D eigenvalue weighted by molar-refractivity contribution is 5.89. The zero-order valence-corrected chi connectivity index (χ0v) is 10.7. The van der Waals surface area contributed by atoms with Crippen LogP contribution in [0.4, 0.5) is 0 Å². The quantitative estimate of drug-likeness (QED) is 0.575. The van der Waals surface area contributed by atoms with Crippen LogP contribution in [-0.2, 0) is 9.59 Å². The fraction of sp³-hybridized carbons (Fsp3) is 0.231. The molecular weight excluding hydrogens is 220 g/mol. The molecule has 17 heavy (non-hydrogen) atoms. The number of allylic oxidation sites excluding steroid dienone is 3. The van der Waals surface area contributed by atoms with Crippen molar-refractivity contribution < 1.29 is 19.8 Å². The van der Waals surface area contributed by atoms with Gasteiger partial charge in [0, 0.05) is 12.2 Å². The van der Waals surface area contributed by atoms with Crippen LogP contribution in [0.3, 0.4) is 0 Å². The summed E-state index contributed by atoms with van der Waals surface area (Å²) in [4.78, 5) is 19.1. The Morgan fingerprint density at radius 2 is 0.882 bits per heavy atom. The van der Waals surface area contributed by atoms with Crippen LogP contribution in [0.15, 0.2) is 50.1 Å². The fourth-order valence-corrected chi connectivity index (χ4v) is 0.143. The Morgan fingerprint density at radius 1 is 0.765 bits per heavy atom. The molecule has 0 radical (unpaired) electrons. The number of aliphatic carboxylic acids is 2. The van der Waals surface area contributed by atoms with Gasteiger partial charge in [0.25, 0.3) is 0 Å². The number of rotatable bonds is 2. The molecule has 4 heteroatoms. The molecule has 0 aromatic rings. The van der Waals surface area contributed by atoms with Gasteiger partial charge in [-0.3, -0.25) is 0 Å². The Balaban J connectivity index is -0.0000000784. The Bertz CT molecular complexity index is 210. The average Bonchev–Trinajstić information content (AvgIpc) is 2.18. The van der Waals surface area contributed by atoms with E-state index in [0.717, 1.165) is 0 Å². The number of carboxylic acids is 2. The summed E-state index contributed by atoms with van der Waals surface area (Å²) in [6, 6.07) is 0. The normalized spacial score (nSPS) is 6.76. The third-order valence-corrected chi connectivity index (χ3v) is 0.368. The molecule has 0 aromatic heterocycles. The van der Waals surface area contributed by atoms with Crippen LogP contribution in [0.5, 0.6) is 0 Å². The lowest BCUT2D eigenvalue weighted by Gasteiger charge is -1.74.